The summed E-state index contributed by atoms with van der Waals surface area (Å²) >= 11 is 0. The first-order chi connectivity index (χ1) is 17.1. The van der Waals surface area contributed by atoms with E-state index in [4.69, 9.17) is 18.9 Å². The number of hydrogen-bond donors (Lipinski definition) is 3. The van der Waals surface area contributed by atoms with Crippen LogP contribution in [0.4, 0.5) is 0 Å². The van der Waals surface area contributed by atoms with Crippen LogP contribution in [0.2, 0.25) is 0 Å². The van der Waals surface area contributed by atoms with Crippen LogP contribution in [0.25, 0.3) is 0 Å². The molecule has 1 aliphatic carbocycles. The Hall–Kier alpha value is -3.02. The summed E-state index contributed by atoms with van der Waals surface area (Å²) < 4.78 is 21.7. The molecule has 11 heteroatoms. The highest BCUT2D eigenvalue weighted by Crippen LogP contribution is 2.38. The Balaban J connectivity index is 2.76. The van der Waals surface area contributed by atoms with Crippen LogP contribution < -0.4 is 0 Å². The number of esters is 4. The van der Waals surface area contributed by atoms with Gasteiger partial charge in [-0.3, -0.25) is 4.79 Å². The maximum atomic E-state index is 13.1. The van der Waals surface area contributed by atoms with Crippen LogP contribution in [0.3, 0.4) is 0 Å². The van der Waals surface area contributed by atoms with Crippen molar-refractivity contribution >= 4 is 23.9 Å². The van der Waals surface area contributed by atoms with E-state index in [1.54, 1.807) is 13.0 Å². The van der Waals surface area contributed by atoms with Crippen molar-refractivity contribution < 1.29 is 53.4 Å². The number of methoxy groups -OCH3 is 1. The maximum Gasteiger partial charge on any atom is 0.341 e. The second kappa shape index (κ2) is 12.0. The number of aliphatic hydroxyl groups is 3. The molecule has 0 spiro atoms. The zero-order valence-corrected chi connectivity index (χ0v) is 21.9. The minimum Gasteiger partial charge on any atom is -0.466 e. The lowest BCUT2D eigenvalue weighted by atomic mass is 9.83. The van der Waals surface area contributed by atoms with E-state index in [0.29, 0.717) is 12.8 Å². The average Bonchev–Trinajstić information content (AvgIpc) is 3.09. The summed E-state index contributed by atoms with van der Waals surface area (Å²) in [6.07, 6.45) is -3.04. The molecule has 206 valence electrons. The molecule has 0 bridgehead atoms. The summed E-state index contributed by atoms with van der Waals surface area (Å²) in [6.45, 7) is 10.5. The first-order valence-electron chi connectivity index (χ1n) is 12.0. The van der Waals surface area contributed by atoms with Crippen LogP contribution >= 0.6 is 0 Å². The standard InChI is InChI=1S/C26H36O11/c1-12-9-8-10-17(24(31)34-7)20(36-22(29)13(2)15(4)27)21(37-25(32)26(6,33)16(5)28)19-14(3)23(30)35-18(19)11-12/h10-11,13,15-16,18-21,27-28,33H,3,8-9H2,1-2,4-7H3/b12-11-,17-10+. The average molecular weight is 525 g/mol. The van der Waals surface area contributed by atoms with Crippen molar-refractivity contribution in [2.45, 2.75) is 83.6 Å². The number of rotatable bonds is 7. The van der Waals surface area contributed by atoms with Gasteiger partial charge in [-0.1, -0.05) is 18.2 Å². The van der Waals surface area contributed by atoms with Crippen LogP contribution in [-0.4, -0.2) is 82.4 Å². The van der Waals surface area contributed by atoms with E-state index in [-0.39, 0.29) is 11.1 Å². The minimum atomic E-state index is -2.39. The van der Waals surface area contributed by atoms with Gasteiger partial charge in [-0.25, -0.2) is 14.4 Å². The van der Waals surface area contributed by atoms with Gasteiger partial charge in [-0.2, -0.15) is 0 Å². The van der Waals surface area contributed by atoms with Crippen LogP contribution in [0, 0.1) is 11.8 Å². The molecule has 11 nitrogen and oxygen atoms in total. The van der Waals surface area contributed by atoms with Crippen LogP contribution in [0.1, 0.15) is 47.5 Å². The molecule has 2 rings (SSSR count). The van der Waals surface area contributed by atoms with Gasteiger partial charge in [0.05, 0.1) is 36.7 Å². The van der Waals surface area contributed by atoms with Crippen molar-refractivity contribution in [2.24, 2.45) is 11.8 Å². The summed E-state index contributed by atoms with van der Waals surface area (Å²) in [6, 6.07) is 0. The number of allylic oxidation sites excluding steroid dienone is 2. The second-order valence-corrected chi connectivity index (χ2v) is 9.70. The fourth-order valence-electron chi connectivity index (χ4n) is 3.86. The van der Waals surface area contributed by atoms with E-state index in [9.17, 15) is 34.5 Å². The Morgan fingerprint density at radius 3 is 2.35 bits per heavy atom. The lowest BCUT2D eigenvalue weighted by Crippen LogP contribution is -2.53. The van der Waals surface area contributed by atoms with Crippen LogP contribution in [0.5, 0.6) is 0 Å². The second-order valence-electron chi connectivity index (χ2n) is 9.70. The molecule has 0 aromatic heterocycles. The van der Waals surface area contributed by atoms with E-state index < -0.39 is 71.8 Å². The lowest BCUT2D eigenvalue weighted by Gasteiger charge is -2.36. The minimum absolute atomic E-state index is 0.113. The van der Waals surface area contributed by atoms with Gasteiger partial charge in [-0.15, -0.1) is 0 Å². The van der Waals surface area contributed by atoms with Crippen LogP contribution in [-0.2, 0) is 38.1 Å². The molecule has 1 aliphatic heterocycles. The third kappa shape index (κ3) is 6.65. The number of carbonyl (C=O) groups is 4. The van der Waals surface area contributed by atoms with Crippen LogP contribution in [0.15, 0.2) is 35.5 Å². The largest absolute Gasteiger partial charge is 0.466 e. The van der Waals surface area contributed by atoms with Crippen molar-refractivity contribution in [1.29, 1.82) is 0 Å². The predicted molar refractivity (Wildman–Crippen MR) is 129 cm³/mol. The molecule has 1 heterocycles. The van der Waals surface area contributed by atoms with Crippen molar-refractivity contribution in [2.75, 3.05) is 7.11 Å². The van der Waals surface area contributed by atoms with Gasteiger partial charge >= 0.3 is 23.9 Å². The Morgan fingerprint density at radius 1 is 1.19 bits per heavy atom. The normalized spacial score (nSPS) is 31.1. The predicted octanol–water partition coefficient (Wildman–Crippen LogP) is 0.896. The van der Waals surface area contributed by atoms with E-state index in [2.05, 4.69) is 6.58 Å². The summed E-state index contributed by atoms with van der Waals surface area (Å²) in [7, 11) is 1.12. The molecule has 1 fully saturated rings. The third-order valence-corrected chi connectivity index (χ3v) is 6.80. The smallest absolute Gasteiger partial charge is 0.341 e. The molecule has 0 aromatic carbocycles. The van der Waals surface area contributed by atoms with E-state index in [1.165, 1.54) is 26.8 Å². The van der Waals surface area contributed by atoms with Gasteiger partial charge in [0.2, 0.25) is 0 Å². The highest BCUT2D eigenvalue weighted by atomic mass is 16.6. The molecule has 0 radical (unpaired) electrons. The number of aliphatic hydroxyl groups excluding tert-OH is 2. The fraction of sp³-hybridized carbons (Fsp3) is 0.615. The molecule has 0 aromatic rings. The molecular formula is C26H36O11. The molecule has 8 unspecified atom stereocenters. The highest BCUT2D eigenvalue weighted by Gasteiger charge is 2.52. The van der Waals surface area contributed by atoms with Crippen molar-refractivity contribution in [3.05, 3.63) is 35.5 Å². The molecule has 37 heavy (non-hydrogen) atoms. The number of ether oxygens (including phenoxy) is 4. The topological polar surface area (TPSA) is 166 Å². The Labute approximate surface area is 215 Å². The van der Waals surface area contributed by atoms with Gasteiger partial charge in [0.15, 0.2) is 17.8 Å². The number of carbonyl (C=O) groups excluding carboxylic acids is 4. The maximum absolute atomic E-state index is 13.1. The Kier molecular flexibility index (Phi) is 9.81. The SMILES string of the molecule is C=C1C(=O)OC2/C=C(/C)CC/C=C(/C(=O)OC)C(OC(=O)C(C)C(C)O)C(OC(=O)C(C)(O)C(C)O)C12. The van der Waals surface area contributed by atoms with Gasteiger partial charge in [0.1, 0.15) is 6.10 Å². The zero-order chi connectivity index (χ0) is 28.2. The van der Waals surface area contributed by atoms with Crippen molar-refractivity contribution in [1.82, 2.24) is 0 Å². The lowest BCUT2D eigenvalue weighted by molar-refractivity contribution is -0.193. The molecule has 0 amide bonds. The molecular weight excluding hydrogens is 488 g/mol. The summed E-state index contributed by atoms with van der Waals surface area (Å²) in [5.74, 6) is -6.07. The number of fused-ring (bicyclic) bond motifs is 1. The van der Waals surface area contributed by atoms with E-state index >= 15 is 0 Å². The molecule has 8 atom stereocenters. The summed E-state index contributed by atoms with van der Waals surface area (Å²) in [5.41, 5.74) is -1.88. The fourth-order valence-corrected chi connectivity index (χ4v) is 3.86. The highest BCUT2D eigenvalue weighted by molar-refractivity contribution is 5.93. The first kappa shape index (κ1) is 30.2. The quantitative estimate of drug-likeness (QED) is 0.187. The van der Waals surface area contributed by atoms with Gasteiger partial charge in [0, 0.05) is 5.57 Å². The Bertz CT molecular complexity index is 988. The van der Waals surface area contributed by atoms with Crippen molar-refractivity contribution in [3.8, 4) is 0 Å². The monoisotopic (exact) mass is 524 g/mol. The molecule has 3 N–H and O–H groups in total. The van der Waals surface area contributed by atoms with E-state index in [1.807, 2.05) is 0 Å². The molecule has 1 saturated heterocycles. The van der Waals surface area contributed by atoms with Gasteiger partial charge in [0.25, 0.3) is 0 Å². The Morgan fingerprint density at radius 2 is 1.81 bits per heavy atom. The zero-order valence-electron chi connectivity index (χ0n) is 21.9. The molecule has 2 aliphatic rings. The first-order valence-corrected chi connectivity index (χ1v) is 12.0. The van der Waals surface area contributed by atoms with Crippen molar-refractivity contribution in [3.63, 3.8) is 0 Å². The van der Waals surface area contributed by atoms with E-state index in [0.717, 1.165) is 19.6 Å². The summed E-state index contributed by atoms with van der Waals surface area (Å²) in [5, 5.41) is 30.4. The van der Waals surface area contributed by atoms with Gasteiger partial charge < -0.3 is 34.3 Å². The third-order valence-electron chi connectivity index (χ3n) is 6.80. The molecule has 0 saturated carbocycles. The summed E-state index contributed by atoms with van der Waals surface area (Å²) in [4.78, 5) is 51.5. The number of hydrogen-bond acceptors (Lipinski definition) is 11. The van der Waals surface area contributed by atoms with Gasteiger partial charge in [-0.05, 0) is 53.5 Å².